The van der Waals surface area contributed by atoms with E-state index in [2.05, 4.69) is 24.2 Å². The first-order chi connectivity index (χ1) is 12.5. The Balaban J connectivity index is 1.66. The Hall–Kier alpha value is -2.89. The molecule has 0 radical (unpaired) electrons. The van der Waals surface area contributed by atoms with Crippen LogP contribution >= 0.6 is 0 Å². The van der Waals surface area contributed by atoms with E-state index in [-0.39, 0.29) is 17.2 Å². The van der Waals surface area contributed by atoms with E-state index in [0.717, 1.165) is 24.2 Å². The van der Waals surface area contributed by atoms with Crippen LogP contribution in [0, 0.1) is 12.8 Å². The molecule has 136 valence electrons. The minimum atomic E-state index is -0.338. The topological polar surface area (TPSA) is 72.9 Å². The Bertz CT molecular complexity index is 930. The van der Waals surface area contributed by atoms with E-state index in [1.54, 1.807) is 13.1 Å². The summed E-state index contributed by atoms with van der Waals surface area (Å²) in [6, 6.07) is 11.6. The van der Waals surface area contributed by atoms with E-state index < -0.39 is 0 Å². The minimum Gasteiger partial charge on any atom is -0.503 e. The molecule has 3 aromatic rings. The average molecular weight is 352 g/mol. The maximum absolute atomic E-state index is 11.5. The van der Waals surface area contributed by atoms with Crippen molar-refractivity contribution < 1.29 is 5.11 Å². The third-order valence-corrected chi connectivity index (χ3v) is 4.68. The molecule has 2 unspecified atom stereocenters. The normalized spacial score (nSPS) is 13.5. The molecule has 26 heavy (non-hydrogen) atoms. The lowest BCUT2D eigenvalue weighted by Crippen LogP contribution is -2.18. The van der Waals surface area contributed by atoms with Gasteiger partial charge < -0.3 is 9.67 Å². The molecule has 0 fully saturated rings. The fourth-order valence-corrected chi connectivity index (χ4v) is 3.34. The first kappa shape index (κ1) is 17.9. The van der Waals surface area contributed by atoms with E-state index >= 15 is 0 Å². The van der Waals surface area contributed by atoms with Crippen molar-refractivity contribution in [2.45, 2.75) is 39.8 Å². The van der Waals surface area contributed by atoms with Gasteiger partial charge in [0.25, 0.3) is 0 Å². The highest BCUT2D eigenvalue weighted by atomic mass is 16.3. The third kappa shape index (κ3) is 3.85. The van der Waals surface area contributed by atoms with Crippen molar-refractivity contribution in [1.82, 2.24) is 19.6 Å². The van der Waals surface area contributed by atoms with Crippen LogP contribution in [0.5, 0.6) is 5.75 Å². The van der Waals surface area contributed by atoms with Gasteiger partial charge in [-0.05, 0) is 26.2 Å². The fourth-order valence-electron chi connectivity index (χ4n) is 3.34. The molecule has 1 N–H and O–H groups in total. The largest absolute Gasteiger partial charge is 0.503 e. The van der Waals surface area contributed by atoms with Gasteiger partial charge in [0.15, 0.2) is 5.75 Å². The van der Waals surface area contributed by atoms with Crippen LogP contribution < -0.4 is 5.43 Å². The molecule has 0 saturated heterocycles. The summed E-state index contributed by atoms with van der Waals surface area (Å²) in [6.45, 7) is 6.78. The molecule has 2 aromatic heterocycles. The van der Waals surface area contributed by atoms with Gasteiger partial charge in [0.1, 0.15) is 5.69 Å². The van der Waals surface area contributed by atoms with Crippen LogP contribution in [-0.4, -0.2) is 24.7 Å². The predicted molar refractivity (Wildman–Crippen MR) is 101 cm³/mol. The fraction of sp³-hybridized carbons (Fsp3) is 0.350. The SMILES string of the molecule is Cc1c(O)c(=O)ccn1C(C)CC(C)Cn1cc(-c2ccccc2)nn1. The molecule has 6 nitrogen and oxygen atoms in total. The molecular formula is C20H24N4O2. The highest BCUT2D eigenvalue weighted by molar-refractivity contribution is 5.57. The zero-order valence-electron chi connectivity index (χ0n) is 15.3. The van der Waals surface area contributed by atoms with Gasteiger partial charge >= 0.3 is 0 Å². The van der Waals surface area contributed by atoms with Crippen molar-refractivity contribution in [2.24, 2.45) is 5.92 Å². The number of benzene rings is 1. The summed E-state index contributed by atoms with van der Waals surface area (Å²) >= 11 is 0. The molecule has 0 amide bonds. The molecule has 0 bridgehead atoms. The smallest absolute Gasteiger partial charge is 0.223 e. The Morgan fingerprint density at radius 2 is 1.88 bits per heavy atom. The molecule has 0 spiro atoms. The van der Waals surface area contributed by atoms with Crippen LogP contribution in [0.1, 0.15) is 32.0 Å². The summed E-state index contributed by atoms with van der Waals surface area (Å²) in [4.78, 5) is 11.5. The molecule has 0 saturated carbocycles. The molecule has 6 heteroatoms. The summed E-state index contributed by atoms with van der Waals surface area (Å²) in [6.07, 6.45) is 4.61. The molecule has 1 aromatic carbocycles. The van der Waals surface area contributed by atoms with Crippen LogP contribution in [0.2, 0.25) is 0 Å². The Labute approximate surface area is 152 Å². The van der Waals surface area contributed by atoms with Gasteiger partial charge in [-0.3, -0.25) is 9.48 Å². The highest BCUT2D eigenvalue weighted by Crippen LogP contribution is 2.23. The Morgan fingerprint density at radius 1 is 1.15 bits per heavy atom. The first-order valence-corrected chi connectivity index (χ1v) is 8.82. The van der Waals surface area contributed by atoms with Gasteiger partial charge in [-0.25, -0.2) is 0 Å². The van der Waals surface area contributed by atoms with E-state index in [0.29, 0.717) is 11.6 Å². The number of hydrogen-bond donors (Lipinski definition) is 1. The van der Waals surface area contributed by atoms with Crippen LogP contribution in [0.15, 0.2) is 53.6 Å². The molecule has 2 atom stereocenters. The van der Waals surface area contributed by atoms with Crippen molar-refractivity contribution in [3.63, 3.8) is 0 Å². The van der Waals surface area contributed by atoms with Crippen LogP contribution in [0.3, 0.4) is 0 Å². The third-order valence-electron chi connectivity index (χ3n) is 4.68. The van der Waals surface area contributed by atoms with Crippen molar-refractivity contribution >= 4 is 0 Å². The number of aromatic nitrogens is 4. The lowest BCUT2D eigenvalue weighted by Gasteiger charge is -2.22. The first-order valence-electron chi connectivity index (χ1n) is 8.82. The molecule has 0 aliphatic carbocycles. The standard InChI is InChI=1S/C20H24N4O2/c1-14(11-15(2)24-10-9-19(25)20(26)16(24)3)12-23-13-18(21-22-23)17-7-5-4-6-8-17/h4-10,13-15,26H,11-12H2,1-3H3. The molecule has 3 rings (SSSR count). The minimum absolute atomic E-state index is 0.161. The van der Waals surface area contributed by atoms with Crippen molar-refractivity contribution in [1.29, 1.82) is 0 Å². The lowest BCUT2D eigenvalue weighted by molar-refractivity contribution is 0.344. The number of pyridine rings is 1. The van der Waals surface area contributed by atoms with Crippen LogP contribution in [0.4, 0.5) is 0 Å². The van der Waals surface area contributed by atoms with Gasteiger partial charge in [0.05, 0.1) is 11.9 Å². The highest BCUT2D eigenvalue weighted by Gasteiger charge is 2.15. The van der Waals surface area contributed by atoms with E-state index in [4.69, 9.17) is 0 Å². The van der Waals surface area contributed by atoms with Crippen LogP contribution in [-0.2, 0) is 6.54 Å². The number of aromatic hydroxyl groups is 1. The van der Waals surface area contributed by atoms with Crippen molar-refractivity contribution in [3.05, 3.63) is 64.7 Å². The van der Waals surface area contributed by atoms with Crippen molar-refractivity contribution in [2.75, 3.05) is 0 Å². The van der Waals surface area contributed by atoms with Gasteiger partial charge in [0, 0.05) is 30.4 Å². The number of hydrogen-bond acceptors (Lipinski definition) is 4. The zero-order valence-corrected chi connectivity index (χ0v) is 15.3. The van der Waals surface area contributed by atoms with E-state index in [1.807, 2.05) is 45.8 Å². The average Bonchev–Trinajstić information content (AvgIpc) is 3.08. The lowest BCUT2D eigenvalue weighted by atomic mass is 10.0. The second kappa shape index (κ2) is 7.56. The summed E-state index contributed by atoms with van der Waals surface area (Å²) in [7, 11) is 0. The second-order valence-corrected chi connectivity index (χ2v) is 6.90. The van der Waals surface area contributed by atoms with Gasteiger partial charge in [0.2, 0.25) is 5.43 Å². The Kier molecular flexibility index (Phi) is 5.21. The van der Waals surface area contributed by atoms with Gasteiger partial charge in [-0.1, -0.05) is 42.5 Å². The molecular weight excluding hydrogens is 328 g/mol. The maximum atomic E-state index is 11.5. The monoisotopic (exact) mass is 352 g/mol. The summed E-state index contributed by atoms with van der Waals surface area (Å²) in [5.74, 6) is 0.187. The summed E-state index contributed by atoms with van der Waals surface area (Å²) in [5, 5.41) is 18.3. The van der Waals surface area contributed by atoms with Gasteiger partial charge in [-0.15, -0.1) is 5.10 Å². The predicted octanol–water partition coefficient (Wildman–Crippen LogP) is 3.41. The Morgan fingerprint density at radius 3 is 2.62 bits per heavy atom. The van der Waals surface area contributed by atoms with Gasteiger partial charge in [-0.2, -0.15) is 0 Å². The molecule has 0 aliphatic rings. The van der Waals surface area contributed by atoms with E-state index in [1.165, 1.54) is 6.07 Å². The number of rotatable bonds is 6. The molecule has 0 aliphatic heterocycles. The quantitative estimate of drug-likeness (QED) is 0.738. The molecule has 2 heterocycles. The van der Waals surface area contributed by atoms with Crippen LogP contribution in [0.25, 0.3) is 11.3 Å². The van der Waals surface area contributed by atoms with Crippen molar-refractivity contribution in [3.8, 4) is 17.0 Å². The number of nitrogens with zero attached hydrogens (tertiary/aromatic N) is 4. The van der Waals surface area contributed by atoms with E-state index in [9.17, 15) is 9.90 Å². The second-order valence-electron chi connectivity index (χ2n) is 6.90. The summed E-state index contributed by atoms with van der Waals surface area (Å²) in [5.41, 5.74) is 2.19. The summed E-state index contributed by atoms with van der Waals surface area (Å²) < 4.78 is 3.82. The maximum Gasteiger partial charge on any atom is 0.223 e. The zero-order chi connectivity index (χ0) is 18.7.